The summed E-state index contributed by atoms with van der Waals surface area (Å²) in [5.41, 5.74) is 2.39. The minimum absolute atomic E-state index is 0.000237. The number of benzene rings is 1. The molecule has 0 aliphatic heterocycles. The number of amides is 1. The third kappa shape index (κ3) is 4.46. The van der Waals surface area contributed by atoms with E-state index in [-0.39, 0.29) is 23.8 Å². The summed E-state index contributed by atoms with van der Waals surface area (Å²) >= 11 is 1.54. The number of carbonyl (C=O) groups excluding carboxylic acids is 1. The highest BCUT2D eigenvalue weighted by Gasteiger charge is 2.16. The zero-order chi connectivity index (χ0) is 20.2. The molecule has 3 aromatic heterocycles. The number of hydrogen-bond acceptors (Lipinski definition) is 7. The molecule has 0 unspecified atom stereocenters. The van der Waals surface area contributed by atoms with Crippen molar-refractivity contribution in [3.63, 3.8) is 0 Å². The largest absolute Gasteiger partial charge is 0.343 e. The SMILES string of the molecule is Cc1ccc(-c2ccc(=O)n(Cc3noc(C(=O)NCc4cccs4)n3)n2)cc1. The first-order valence-corrected chi connectivity index (χ1v) is 9.75. The van der Waals surface area contributed by atoms with Crippen LogP contribution in [0.15, 0.2) is 63.2 Å². The van der Waals surface area contributed by atoms with Crippen molar-refractivity contribution in [3.05, 3.63) is 86.4 Å². The fourth-order valence-electron chi connectivity index (χ4n) is 2.64. The lowest BCUT2D eigenvalue weighted by Crippen LogP contribution is -2.24. The minimum atomic E-state index is -0.467. The quantitative estimate of drug-likeness (QED) is 0.527. The van der Waals surface area contributed by atoms with Gasteiger partial charge in [-0.15, -0.1) is 11.3 Å². The van der Waals surface area contributed by atoms with E-state index in [0.717, 1.165) is 16.0 Å². The van der Waals surface area contributed by atoms with Crippen LogP contribution in [-0.2, 0) is 13.1 Å². The lowest BCUT2D eigenvalue weighted by atomic mass is 10.1. The highest BCUT2D eigenvalue weighted by atomic mass is 32.1. The van der Waals surface area contributed by atoms with Gasteiger partial charge < -0.3 is 9.84 Å². The van der Waals surface area contributed by atoms with E-state index >= 15 is 0 Å². The van der Waals surface area contributed by atoms with Crippen LogP contribution >= 0.6 is 11.3 Å². The normalized spacial score (nSPS) is 10.8. The van der Waals surface area contributed by atoms with E-state index in [0.29, 0.717) is 12.2 Å². The predicted octanol–water partition coefficient (Wildman–Crippen LogP) is 2.64. The van der Waals surface area contributed by atoms with E-state index in [1.807, 2.05) is 48.7 Å². The van der Waals surface area contributed by atoms with Crippen LogP contribution < -0.4 is 10.9 Å². The van der Waals surface area contributed by atoms with Crippen molar-refractivity contribution in [1.82, 2.24) is 25.2 Å². The lowest BCUT2D eigenvalue weighted by molar-refractivity contribution is 0.0907. The maximum absolute atomic E-state index is 12.2. The van der Waals surface area contributed by atoms with Crippen molar-refractivity contribution in [1.29, 1.82) is 0 Å². The molecule has 0 radical (unpaired) electrons. The Morgan fingerprint density at radius 3 is 2.76 bits per heavy atom. The van der Waals surface area contributed by atoms with E-state index in [1.165, 1.54) is 10.7 Å². The number of carbonyl (C=O) groups is 1. The maximum Gasteiger partial charge on any atom is 0.316 e. The number of rotatable bonds is 6. The Morgan fingerprint density at radius 2 is 2.00 bits per heavy atom. The summed E-state index contributed by atoms with van der Waals surface area (Å²) < 4.78 is 6.27. The molecule has 0 aliphatic rings. The lowest BCUT2D eigenvalue weighted by Gasteiger charge is -2.05. The standard InChI is InChI=1S/C20H17N5O3S/c1-13-4-6-14(7-5-13)16-8-9-18(26)25(23-16)12-17-22-20(28-24-17)19(27)21-11-15-3-2-10-29-15/h2-10H,11-12H2,1H3,(H,21,27). The maximum atomic E-state index is 12.2. The van der Waals surface area contributed by atoms with Crippen LogP contribution in [0.4, 0.5) is 0 Å². The molecular formula is C20H17N5O3S. The molecule has 0 saturated heterocycles. The molecule has 0 spiro atoms. The van der Waals surface area contributed by atoms with Crippen molar-refractivity contribution in [2.45, 2.75) is 20.0 Å². The van der Waals surface area contributed by atoms with E-state index in [9.17, 15) is 9.59 Å². The summed E-state index contributed by atoms with van der Waals surface area (Å²) in [6, 6.07) is 14.8. The average Bonchev–Trinajstić information content (AvgIpc) is 3.41. The number of nitrogens with zero attached hydrogens (tertiary/aromatic N) is 4. The second-order valence-electron chi connectivity index (χ2n) is 6.36. The molecule has 0 aliphatic carbocycles. The van der Waals surface area contributed by atoms with Gasteiger partial charge in [0.1, 0.15) is 6.54 Å². The molecule has 8 nitrogen and oxygen atoms in total. The third-order valence-corrected chi connectivity index (χ3v) is 5.05. The summed E-state index contributed by atoms with van der Waals surface area (Å²) in [6.45, 7) is 2.39. The second-order valence-corrected chi connectivity index (χ2v) is 7.39. The van der Waals surface area contributed by atoms with E-state index in [4.69, 9.17) is 4.52 Å². The summed E-state index contributed by atoms with van der Waals surface area (Å²) in [4.78, 5) is 29.4. The second kappa shape index (κ2) is 8.19. The zero-order valence-corrected chi connectivity index (χ0v) is 16.3. The van der Waals surface area contributed by atoms with Crippen LogP contribution in [0.25, 0.3) is 11.3 Å². The smallest absolute Gasteiger partial charge is 0.316 e. The summed E-state index contributed by atoms with van der Waals surface area (Å²) in [5.74, 6) is -0.424. The van der Waals surface area contributed by atoms with Gasteiger partial charge in [0.05, 0.1) is 12.2 Å². The fourth-order valence-corrected chi connectivity index (χ4v) is 3.29. The monoisotopic (exact) mass is 407 g/mol. The number of aryl methyl sites for hydroxylation is 1. The Hall–Kier alpha value is -3.59. The van der Waals surface area contributed by atoms with Crippen molar-refractivity contribution in [3.8, 4) is 11.3 Å². The molecular weight excluding hydrogens is 390 g/mol. The summed E-state index contributed by atoms with van der Waals surface area (Å²) in [7, 11) is 0. The van der Waals surface area contributed by atoms with Gasteiger partial charge in [0.15, 0.2) is 5.82 Å². The molecule has 1 amide bonds. The molecule has 9 heteroatoms. The average molecular weight is 407 g/mol. The molecule has 0 bridgehead atoms. The van der Waals surface area contributed by atoms with E-state index < -0.39 is 5.91 Å². The number of hydrogen-bond donors (Lipinski definition) is 1. The highest BCUT2D eigenvalue weighted by Crippen LogP contribution is 2.16. The third-order valence-electron chi connectivity index (χ3n) is 4.17. The van der Waals surface area contributed by atoms with E-state index in [1.54, 1.807) is 17.4 Å². The van der Waals surface area contributed by atoms with Crippen molar-refractivity contribution in [2.75, 3.05) is 0 Å². The Kier molecular flexibility index (Phi) is 5.30. The molecule has 4 rings (SSSR count). The predicted molar refractivity (Wildman–Crippen MR) is 108 cm³/mol. The van der Waals surface area contributed by atoms with E-state index in [2.05, 4.69) is 20.6 Å². The van der Waals surface area contributed by atoms with Gasteiger partial charge >= 0.3 is 11.8 Å². The Labute approximate surface area is 169 Å². The van der Waals surface area contributed by atoms with Gasteiger partial charge in [0.2, 0.25) is 0 Å². The zero-order valence-electron chi connectivity index (χ0n) is 15.5. The number of thiophene rings is 1. The highest BCUT2D eigenvalue weighted by molar-refractivity contribution is 7.09. The van der Waals surface area contributed by atoms with Gasteiger partial charge in [-0.3, -0.25) is 9.59 Å². The number of nitrogens with one attached hydrogen (secondary N) is 1. The molecule has 3 heterocycles. The molecule has 4 aromatic rings. The molecule has 0 atom stereocenters. The van der Waals surface area contributed by atoms with Crippen LogP contribution in [0.1, 0.15) is 27.0 Å². The van der Waals surface area contributed by atoms with Crippen LogP contribution in [0, 0.1) is 6.92 Å². The molecule has 0 fully saturated rings. The first-order chi connectivity index (χ1) is 14.1. The topological polar surface area (TPSA) is 103 Å². The van der Waals surface area contributed by atoms with Crippen molar-refractivity contribution < 1.29 is 9.32 Å². The van der Waals surface area contributed by atoms with Gasteiger partial charge in [0.25, 0.3) is 5.56 Å². The van der Waals surface area contributed by atoms with Gasteiger partial charge in [-0.1, -0.05) is 41.1 Å². The van der Waals surface area contributed by atoms with Crippen LogP contribution in [0.2, 0.25) is 0 Å². The fraction of sp³-hybridized carbons (Fsp3) is 0.150. The van der Waals surface area contributed by atoms with Gasteiger partial charge in [0, 0.05) is 16.5 Å². The first-order valence-electron chi connectivity index (χ1n) is 8.87. The molecule has 0 saturated carbocycles. The van der Waals surface area contributed by atoms with Gasteiger partial charge in [-0.05, 0) is 24.4 Å². The Morgan fingerprint density at radius 1 is 1.17 bits per heavy atom. The van der Waals surface area contributed by atoms with Crippen molar-refractivity contribution >= 4 is 17.2 Å². The number of aromatic nitrogens is 4. The van der Waals surface area contributed by atoms with Gasteiger partial charge in [-0.2, -0.15) is 10.1 Å². The molecule has 1 N–H and O–H groups in total. The minimum Gasteiger partial charge on any atom is -0.343 e. The van der Waals surface area contributed by atoms with Crippen LogP contribution in [0.5, 0.6) is 0 Å². The van der Waals surface area contributed by atoms with Crippen LogP contribution in [0.3, 0.4) is 0 Å². The molecule has 29 heavy (non-hydrogen) atoms. The Balaban J connectivity index is 1.48. The Bertz CT molecular complexity index is 1180. The molecule has 146 valence electrons. The first kappa shape index (κ1) is 18.8. The van der Waals surface area contributed by atoms with Gasteiger partial charge in [-0.25, -0.2) is 4.68 Å². The summed E-state index contributed by atoms with van der Waals surface area (Å²) in [6.07, 6.45) is 0. The van der Waals surface area contributed by atoms with Crippen molar-refractivity contribution in [2.24, 2.45) is 0 Å². The summed E-state index contributed by atoms with van der Waals surface area (Å²) in [5, 5.41) is 12.8. The van der Waals surface area contributed by atoms with Crippen LogP contribution in [-0.4, -0.2) is 25.8 Å². The molecule has 1 aromatic carbocycles.